The molecule has 1 aromatic carbocycles. The van der Waals surface area contributed by atoms with Gasteiger partial charge in [-0.05, 0) is 26.8 Å². The zero-order valence-electron chi connectivity index (χ0n) is 10.3. The molecule has 0 bridgehead atoms. The molecule has 0 amide bonds. The number of rotatable bonds is 5. The van der Waals surface area contributed by atoms with E-state index in [4.69, 9.17) is 9.84 Å². The summed E-state index contributed by atoms with van der Waals surface area (Å²) in [5, 5.41) is 19.3. The molecule has 0 saturated carbocycles. The molecule has 0 saturated heterocycles. The van der Waals surface area contributed by atoms with Crippen LogP contribution < -0.4 is 4.74 Å². The maximum Gasteiger partial charge on any atom is 0.312 e. The average Bonchev–Trinajstić information content (AvgIpc) is 2.29. The van der Waals surface area contributed by atoms with Crippen molar-refractivity contribution in [1.82, 2.24) is 0 Å². The molecule has 1 rings (SSSR count). The summed E-state index contributed by atoms with van der Waals surface area (Å²) in [6, 6.07) is 6.94. The van der Waals surface area contributed by atoms with Gasteiger partial charge in [-0.2, -0.15) is 0 Å². The molecule has 1 aromatic rings. The molecular formula is C13H18O4. The van der Waals surface area contributed by atoms with Gasteiger partial charge in [0, 0.05) is 5.56 Å². The molecule has 17 heavy (non-hydrogen) atoms. The predicted octanol–water partition coefficient (Wildman–Crippen LogP) is 2.23. The first-order valence-electron chi connectivity index (χ1n) is 5.54. The molecular weight excluding hydrogens is 220 g/mol. The molecule has 0 aromatic heterocycles. The van der Waals surface area contributed by atoms with Crippen molar-refractivity contribution in [1.29, 1.82) is 0 Å². The molecule has 0 aliphatic heterocycles. The number of carboxylic acid groups (broad SMARTS) is 1. The second kappa shape index (κ2) is 5.19. The predicted molar refractivity (Wildman–Crippen MR) is 64.0 cm³/mol. The van der Waals surface area contributed by atoms with Crippen LogP contribution in [0.25, 0.3) is 0 Å². The van der Waals surface area contributed by atoms with Gasteiger partial charge in [0.15, 0.2) is 0 Å². The fourth-order valence-corrected chi connectivity index (χ4v) is 1.50. The van der Waals surface area contributed by atoms with Crippen molar-refractivity contribution in [3.8, 4) is 5.75 Å². The van der Waals surface area contributed by atoms with Gasteiger partial charge >= 0.3 is 5.97 Å². The summed E-state index contributed by atoms with van der Waals surface area (Å²) >= 11 is 0. The molecule has 0 radical (unpaired) electrons. The number of aliphatic carboxylic acids is 1. The summed E-state index contributed by atoms with van der Waals surface area (Å²) < 4.78 is 5.38. The van der Waals surface area contributed by atoms with Gasteiger partial charge in [-0.1, -0.05) is 18.2 Å². The van der Waals surface area contributed by atoms with E-state index in [-0.39, 0.29) is 0 Å². The second-order valence-electron chi connectivity index (χ2n) is 4.40. The zero-order chi connectivity index (χ0) is 13.1. The van der Waals surface area contributed by atoms with Gasteiger partial charge in [-0.3, -0.25) is 4.79 Å². The zero-order valence-corrected chi connectivity index (χ0v) is 10.3. The van der Waals surface area contributed by atoms with Crippen LogP contribution in [-0.4, -0.2) is 22.8 Å². The smallest absolute Gasteiger partial charge is 0.312 e. The van der Waals surface area contributed by atoms with Crippen molar-refractivity contribution < 1.29 is 19.7 Å². The third-order valence-corrected chi connectivity index (χ3v) is 2.75. The van der Waals surface area contributed by atoms with Gasteiger partial charge in [-0.15, -0.1) is 0 Å². The van der Waals surface area contributed by atoms with E-state index in [0.717, 1.165) is 0 Å². The molecule has 1 unspecified atom stereocenters. The number of carboxylic acids is 1. The fraction of sp³-hybridized carbons (Fsp3) is 0.462. The first-order chi connectivity index (χ1) is 7.91. The third kappa shape index (κ3) is 2.77. The molecule has 0 aliphatic rings. The molecule has 0 spiro atoms. The summed E-state index contributed by atoms with van der Waals surface area (Å²) in [5.41, 5.74) is -0.755. The first-order valence-corrected chi connectivity index (χ1v) is 5.54. The van der Waals surface area contributed by atoms with Crippen LogP contribution >= 0.6 is 0 Å². The Bertz CT molecular complexity index is 398. The molecule has 1 atom stereocenters. The maximum absolute atomic E-state index is 11.1. The van der Waals surface area contributed by atoms with Crippen LogP contribution in [0.3, 0.4) is 0 Å². The van der Waals surface area contributed by atoms with Crippen LogP contribution in [0, 0.1) is 5.41 Å². The lowest BCUT2D eigenvalue weighted by Gasteiger charge is -2.27. The Labute approximate surface area is 101 Å². The highest BCUT2D eigenvalue weighted by Gasteiger charge is 2.38. The van der Waals surface area contributed by atoms with Crippen molar-refractivity contribution in [2.45, 2.75) is 26.9 Å². The average molecular weight is 238 g/mol. The highest BCUT2D eigenvalue weighted by Crippen LogP contribution is 2.37. The third-order valence-electron chi connectivity index (χ3n) is 2.75. The van der Waals surface area contributed by atoms with E-state index in [0.29, 0.717) is 17.9 Å². The van der Waals surface area contributed by atoms with Gasteiger partial charge in [0.1, 0.15) is 5.75 Å². The number of hydrogen-bond donors (Lipinski definition) is 2. The van der Waals surface area contributed by atoms with Crippen LogP contribution in [0.5, 0.6) is 5.75 Å². The number of benzene rings is 1. The number of hydrogen-bond acceptors (Lipinski definition) is 3. The molecule has 0 heterocycles. The van der Waals surface area contributed by atoms with Gasteiger partial charge in [0.05, 0.1) is 18.1 Å². The summed E-state index contributed by atoms with van der Waals surface area (Å²) in [7, 11) is 0. The Balaban J connectivity index is 3.11. The Morgan fingerprint density at radius 2 is 2.00 bits per heavy atom. The topological polar surface area (TPSA) is 66.8 Å². The van der Waals surface area contributed by atoms with E-state index < -0.39 is 17.5 Å². The minimum atomic E-state index is -1.26. The van der Waals surface area contributed by atoms with Gasteiger partial charge in [-0.25, -0.2) is 0 Å². The number of carbonyl (C=O) groups is 1. The van der Waals surface area contributed by atoms with Crippen LogP contribution in [0.15, 0.2) is 24.3 Å². The van der Waals surface area contributed by atoms with Crippen molar-refractivity contribution in [3.05, 3.63) is 29.8 Å². The van der Waals surface area contributed by atoms with E-state index in [1.807, 2.05) is 6.92 Å². The quantitative estimate of drug-likeness (QED) is 0.825. The minimum absolute atomic E-state index is 0.469. The number of aliphatic hydroxyl groups excluding tert-OH is 1. The van der Waals surface area contributed by atoms with Crippen LogP contribution in [0.2, 0.25) is 0 Å². The van der Waals surface area contributed by atoms with Crippen LogP contribution in [0.4, 0.5) is 0 Å². The second-order valence-corrected chi connectivity index (χ2v) is 4.40. The summed E-state index contributed by atoms with van der Waals surface area (Å²) in [4.78, 5) is 11.1. The highest BCUT2D eigenvalue weighted by atomic mass is 16.5. The van der Waals surface area contributed by atoms with Crippen molar-refractivity contribution >= 4 is 5.97 Å². The van der Waals surface area contributed by atoms with Gasteiger partial charge in [0.25, 0.3) is 0 Å². The summed E-state index contributed by atoms with van der Waals surface area (Å²) in [6.45, 7) is 5.29. The molecule has 2 N–H and O–H groups in total. The number of para-hydroxylation sites is 1. The summed E-state index contributed by atoms with van der Waals surface area (Å²) in [5.74, 6) is -0.520. The van der Waals surface area contributed by atoms with E-state index in [9.17, 15) is 9.90 Å². The van der Waals surface area contributed by atoms with E-state index in [1.54, 1.807) is 24.3 Å². The molecule has 4 heteroatoms. The Hall–Kier alpha value is -1.55. The summed E-state index contributed by atoms with van der Waals surface area (Å²) in [6.07, 6.45) is -1.11. The van der Waals surface area contributed by atoms with Crippen molar-refractivity contribution in [2.24, 2.45) is 5.41 Å². The molecule has 4 nitrogen and oxygen atoms in total. The number of ether oxygens (including phenoxy) is 1. The SMILES string of the molecule is CCOc1ccccc1C(O)C(C)(C)C(=O)O. The molecule has 94 valence electrons. The van der Waals surface area contributed by atoms with Gasteiger partial charge < -0.3 is 14.9 Å². The standard InChI is InChI=1S/C13H18O4/c1-4-17-10-8-6-5-7-9(10)11(14)13(2,3)12(15)16/h5-8,11,14H,4H2,1-3H3,(H,15,16). The monoisotopic (exact) mass is 238 g/mol. The Morgan fingerprint density at radius 1 is 1.41 bits per heavy atom. The normalized spacial score (nSPS) is 13.2. The van der Waals surface area contributed by atoms with Gasteiger partial charge in [0.2, 0.25) is 0 Å². The Morgan fingerprint density at radius 3 is 2.53 bits per heavy atom. The highest BCUT2D eigenvalue weighted by molar-refractivity contribution is 5.75. The van der Waals surface area contributed by atoms with Crippen molar-refractivity contribution in [3.63, 3.8) is 0 Å². The van der Waals surface area contributed by atoms with E-state index in [2.05, 4.69) is 0 Å². The van der Waals surface area contributed by atoms with E-state index in [1.165, 1.54) is 13.8 Å². The molecule has 0 fully saturated rings. The lowest BCUT2D eigenvalue weighted by Crippen LogP contribution is -2.31. The molecule has 0 aliphatic carbocycles. The number of aliphatic hydroxyl groups is 1. The Kier molecular flexibility index (Phi) is 4.12. The van der Waals surface area contributed by atoms with E-state index >= 15 is 0 Å². The van der Waals surface area contributed by atoms with Crippen LogP contribution in [-0.2, 0) is 4.79 Å². The van der Waals surface area contributed by atoms with Crippen molar-refractivity contribution in [2.75, 3.05) is 6.61 Å². The lowest BCUT2D eigenvalue weighted by molar-refractivity contribution is -0.153. The largest absolute Gasteiger partial charge is 0.493 e. The maximum atomic E-state index is 11.1. The van der Waals surface area contributed by atoms with Crippen LogP contribution in [0.1, 0.15) is 32.4 Å². The lowest BCUT2D eigenvalue weighted by atomic mass is 9.82. The first kappa shape index (κ1) is 13.5. The minimum Gasteiger partial charge on any atom is -0.493 e. The fourth-order valence-electron chi connectivity index (χ4n) is 1.50.